The second-order valence-electron chi connectivity index (χ2n) is 11.4. The zero-order valence-corrected chi connectivity index (χ0v) is 24.9. The summed E-state index contributed by atoms with van der Waals surface area (Å²) in [4.78, 5) is 11.6. The van der Waals surface area contributed by atoms with E-state index in [-0.39, 0.29) is 86.9 Å². The Morgan fingerprint density at radius 1 is 0.500 bits per heavy atom. The molecule has 2 nitrogen and oxygen atoms in total. The van der Waals surface area contributed by atoms with Crippen LogP contribution in [0.1, 0.15) is 194 Å². The molecule has 0 aromatic carbocycles. The first-order chi connectivity index (χ1) is 17.7. The van der Waals surface area contributed by atoms with Gasteiger partial charge in [0.2, 0.25) is 0 Å². The van der Waals surface area contributed by atoms with Gasteiger partial charge in [-0.05, 0) is 38.5 Å². The average molecular weight is 571 g/mol. The number of carboxylic acids is 1. The molecule has 0 rings (SSSR count). The van der Waals surface area contributed by atoms with E-state index in [0.717, 1.165) is 25.7 Å². The van der Waals surface area contributed by atoms with Gasteiger partial charge < -0.3 is 5.11 Å². The van der Waals surface area contributed by atoms with Gasteiger partial charge in [0.05, 0.1) is 5.92 Å². The quantitative estimate of drug-likeness (QED) is 0.0530. The molecule has 0 saturated heterocycles. The molecule has 0 heterocycles. The SMILES string of the molecule is CCCCCCCC/C=C\CCCCCCC(CCCCCCCCCCCCCCCC)C(=O)O.[KH].[NaH]. The van der Waals surface area contributed by atoms with Gasteiger partial charge >= 0.3 is 86.9 Å². The number of aliphatic carboxylic acids is 1. The first kappa shape index (κ1) is 44.3. The maximum absolute atomic E-state index is 11.6. The Balaban J connectivity index is -0.00000612. The molecule has 1 unspecified atom stereocenters. The summed E-state index contributed by atoms with van der Waals surface area (Å²) in [6.45, 7) is 4.55. The van der Waals surface area contributed by atoms with Crippen molar-refractivity contribution in [3.63, 3.8) is 0 Å². The van der Waals surface area contributed by atoms with Crippen LogP contribution < -0.4 is 0 Å². The van der Waals surface area contributed by atoms with Gasteiger partial charge in [-0.15, -0.1) is 0 Å². The van der Waals surface area contributed by atoms with Crippen molar-refractivity contribution in [3.05, 3.63) is 12.2 Å². The molecule has 0 radical (unpaired) electrons. The summed E-state index contributed by atoms with van der Waals surface area (Å²) >= 11 is 0. The summed E-state index contributed by atoms with van der Waals surface area (Å²) in [7, 11) is 0. The second-order valence-corrected chi connectivity index (χ2v) is 11.4. The Labute approximate surface area is 304 Å². The number of hydrogen-bond acceptors (Lipinski definition) is 1. The van der Waals surface area contributed by atoms with Crippen LogP contribution in [0.4, 0.5) is 0 Å². The van der Waals surface area contributed by atoms with E-state index in [1.807, 2.05) is 0 Å². The van der Waals surface area contributed by atoms with E-state index in [0.29, 0.717) is 0 Å². The van der Waals surface area contributed by atoms with E-state index < -0.39 is 5.97 Å². The monoisotopic (exact) mass is 570 g/mol. The molecule has 4 heteroatoms. The molecular weight excluding hydrogens is 502 g/mol. The van der Waals surface area contributed by atoms with Crippen molar-refractivity contribution < 1.29 is 9.90 Å². The molecule has 0 spiro atoms. The fourth-order valence-corrected chi connectivity index (χ4v) is 5.26. The third kappa shape index (κ3) is 35.9. The second kappa shape index (κ2) is 38.8. The number of hydrogen-bond donors (Lipinski definition) is 1. The molecule has 0 fully saturated rings. The molecule has 0 aliphatic rings. The summed E-state index contributed by atoms with van der Waals surface area (Å²) in [6, 6.07) is 0. The molecule has 0 amide bonds. The van der Waals surface area contributed by atoms with Crippen LogP contribution >= 0.6 is 0 Å². The average Bonchev–Trinajstić information content (AvgIpc) is 2.87. The first-order valence-electron chi connectivity index (χ1n) is 16.6. The predicted octanol–water partition coefficient (Wildman–Crippen LogP) is 10.9. The van der Waals surface area contributed by atoms with Crippen molar-refractivity contribution in [2.75, 3.05) is 0 Å². The normalized spacial score (nSPS) is 11.8. The summed E-state index contributed by atoms with van der Waals surface area (Å²) < 4.78 is 0. The zero-order chi connectivity index (χ0) is 26.4. The number of carboxylic acid groups (broad SMARTS) is 1. The minimum atomic E-state index is -0.567. The number of carbonyl (C=O) groups is 1. The van der Waals surface area contributed by atoms with Crippen LogP contribution in [0.2, 0.25) is 0 Å². The van der Waals surface area contributed by atoms with Gasteiger partial charge in [-0.1, -0.05) is 167 Å². The number of allylic oxidation sites excluding steroid dienone is 2. The third-order valence-electron chi connectivity index (χ3n) is 7.82. The minimum absolute atomic E-state index is 0. The molecular formula is C34H68KNaO2. The van der Waals surface area contributed by atoms with Crippen molar-refractivity contribution in [2.45, 2.75) is 194 Å². The van der Waals surface area contributed by atoms with Crippen molar-refractivity contribution in [1.82, 2.24) is 0 Å². The van der Waals surface area contributed by atoms with Crippen molar-refractivity contribution in [3.8, 4) is 0 Å². The summed E-state index contributed by atoms with van der Waals surface area (Å²) in [5, 5.41) is 9.57. The van der Waals surface area contributed by atoms with Gasteiger partial charge in [0.15, 0.2) is 0 Å². The molecule has 0 aromatic heterocycles. The Kier molecular flexibility index (Phi) is 45.3. The number of rotatable bonds is 30. The van der Waals surface area contributed by atoms with Crippen LogP contribution in [0.15, 0.2) is 12.2 Å². The third-order valence-corrected chi connectivity index (χ3v) is 7.82. The van der Waals surface area contributed by atoms with Crippen LogP contribution in [-0.4, -0.2) is 92.0 Å². The molecule has 1 atom stereocenters. The van der Waals surface area contributed by atoms with E-state index in [4.69, 9.17) is 0 Å². The van der Waals surface area contributed by atoms with Gasteiger partial charge in [0.25, 0.3) is 0 Å². The van der Waals surface area contributed by atoms with E-state index in [1.54, 1.807) is 0 Å². The molecule has 0 aliphatic heterocycles. The molecule has 0 saturated carbocycles. The number of unbranched alkanes of at least 4 members (excludes halogenated alkanes) is 23. The molecule has 1 N–H and O–H groups in total. The predicted molar refractivity (Wildman–Crippen MR) is 175 cm³/mol. The van der Waals surface area contributed by atoms with E-state index in [2.05, 4.69) is 26.0 Å². The van der Waals surface area contributed by atoms with Crippen LogP contribution in [0.5, 0.6) is 0 Å². The molecule has 38 heavy (non-hydrogen) atoms. The van der Waals surface area contributed by atoms with Crippen molar-refractivity contribution in [2.24, 2.45) is 5.92 Å². The molecule has 218 valence electrons. The van der Waals surface area contributed by atoms with Crippen LogP contribution in [0.3, 0.4) is 0 Å². The molecule has 0 aromatic rings. The maximum atomic E-state index is 11.6. The van der Waals surface area contributed by atoms with Crippen LogP contribution in [-0.2, 0) is 4.79 Å². The van der Waals surface area contributed by atoms with Gasteiger partial charge in [-0.3, -0.25) is 4.79 Å². The van der Waals surface area contributed by atoms with Gasteiger partial charge in [-0.25, -0.2) is 0 Å². The van der Waals surface area contributed by atoms with Gasteiger partial charge in [0, 0.05) is 0 Å². The standard InChI is InChI=1S/C34H66O2.K.Na.2H/c1-3-5-7-9-11-13-15-17-19-21-23-25-27-29-31-33(34(35)36)32-30-28-26-24-22-20-18-16-14-12-10-8-6-4-2;;;;/h17,19,33H,3-16,18,20-32H2,1-2H3,(H,35,36);;;;/b19-17-;;;;. The van der Waals surface area contributed by atoms with Gasteiger partial charge in [-0.2, -0.15) is 0 Å². The summed E-state index contributed by atoms with van der Waals surface area (Å²) in [6.07, 6.45) is 40.9. The molecule has 0 bridgehead atoms. The summed E-state index contributed by atoms with van der Waals surface area (Å²) in [5.41, 5.74) is 0. The Hall–Kier alpha value is 1.85. The van der Waals surface area contributed by atoms with Gasteiger partial charge in [0.1, 0.15) is 0 Å². The van der Waals surface area contributed by atoms with E-state index in [9.17, 15) is 9.90 Å². The van der Waals surface area contributed by atoms with E-state index >= 15 is 0 Å². The zero-order valence-electron chi connectivity index (χ0n) is 24.9. The Morgan fingerprint density at radius 2 is 0.763 bits per heavy atom. The van der Waals surface area contributed by atoms with Crippen LogP contribution in [0.25, 0.3) is 0 Å². The Bertz CT molecular complexity index is 469. The molecule has 0 aliphatic carbocycles. The Morgan fingerprint density at radius 3 is 1.05 bits per heavy atom. The summed E-state index contributed by atoms with van der Waals surface area (Å²) in [5.74, 6) is -0.679. The van der Waals surface area contributed by atoms with Crippen LogP contribution in [0, 0.1) is 5.92 Å². The fraction of sp³-hybridized carbons (Fsp3) is 0.912. The van der Waals surface area contributed by atoms with E-state index in [1.165, 1.54) is 154 Å². The first-order valence-corrected chi connectivity index (χ1v) is 16.6. The van der Waals surface area contributed by atoms with Crippen molar-refractivity contribution in [1.29, 1.82) is 0 Å². The van der Waals surface area contributed by atoms with Crippen molar-refractivity contribution >= 4 is 86.9 Å². The fourth-order valence-electron chi connectivity index (χ4n) is 5.26. The topological polar surface area (TPSA) is 37.3 Å².